The number of morpholine rings is 1. The van der Waals surface area contributed by atoms with Crippen LogP contribution in [0.2, 0.25) is 0 Å². The Morgan fingerprint density at radius 2 is 2.05 bits per heavy atom. The standard InChI is InChI=1S/C15H14Br2N2O/c16-12-3-1-2-11(8-12)14-10-19(6-7-20-14)15-5-4-13(17)9-18-15/h1-5,8-9,14H,6-7,10H2. The highest BCUT2D eigenvalue weighted by Gasteiger charge is 2.22. The van der Waals surface area contributed by atoms with Crippen LogP contribution in [0, 0.1) is 0 Å². The Kier molecular flexibility index (Phi) is 4.38. The lowest BCUT2D eigenvalue weighted by Gasteiger charge is -2.34. The van der Waals surface area contributed by atoms with Crippen LogP contribution in [0.1, 0.15) is 11.7 Å². The van der Waals surface area contributed by atoms with Crippen LogP contribution >= 0.6 is 31.9 Å². The Balaban J connectivity index is 1.78. The summed E-state index contributed by atoms with van der Waals surface area (Å²) in [5.74, 6) is 0.997. The van der Waals surface area contributed by atoms with E-state index in [0.717, 1.165) is 34.5 Å². The Morgan fingerprint density at radius 3 is 2.80 bits per heavy atom. The molecular formula is C15H14Br2N2O. The van der Waals surface area contributed by atoms with Crippen molar-refractivity contribution in [3.8, 4) is 0 Å². The number of halogens is 2. The average molecular weight is 398 g/mol. The first-order chi connectivity index (χ1) is 9.72. The van der Waals surface area contributed by atoms with Crippen molar-refractivity contribution in [2.75, 3.05) is 24.6 Å². The molecule has 5 heteroatoms. The summed E-state index contributed by atoms with van der Waals surface area (Å²) in [7, 11) is 0. The number of ether oxygens (including phenoxy) is 1. The summed E-state index contributed by atoms with van der Waals surface area (Å²) in [6, 6.07) is 12.3. The molecule has 20 heavy (non-hydrogen) atoms. The summed E-state index contributed by atoms with van der Waals surface area (Å²) in [6.07, 6.45) is 1.92. The van der Waals surface area contributed by atoms with Crippen LogP contribution in [-0.4, -0.2) is 24.7 Å². The molecule has 1 unspecified atom stereocenters. The van der Waals surface area contributed by atoms with Crippen molar-refractivity contribution in [2.45, 2.75) is 6.10 Å². The lowest BCUT2D eigenvalue weighted by Crippen LogP contribution is -2.38. The number of hydrogen-bond acceptors (Lipinski definition) is 3. The Hall–Kier alpha value is -0.910. The molecule has 1 aliphatic heterocycles. The highest BCUT2D eigenvalue weighted by atomic mass is 79.9. The predicted molar refractivity (Wildman–Crippen MR) is 87.0 cm³/mol. The smallest absolute Gasteiger partial charge is 0.128 e. The molecule has 1 atom stereocenters. The van der Waals surface area contributed by atoms with Gasteiger partial charge in [0, 0.05) is 28.2 Å². The molecule has 0 aliphatic carbocycles. The lowest BCUT2D eigenvalue weighted by atomic mass is 10.1. The largest absolute Gasteiger partial charge is 0.370 e. The minimum Gasteiger partial charge on any atom is -0.370 e. The van der Waals surface area contributed by atoms with Gasteiger partial charge in [-0.05, 0) is 45.8 Å². The summed E-state index contributed by atoms with van der Waals surface area (Å²) >= 11 is 6.93. The Bertz CT molecular complexity index is 589. The SMILES string of the molecule is Brc1ccc(N2CCOC(c3cccc(Br)c3)C2)nc1. The molecule has 0 amide bonds. The maximum atomic E-state index is 5.89. The number of nitrogens with zero attached hydrogens (tertiary/aromatic N) is 2. The van der Waals surface area contributed by atoms with Crippen LogP contribution in [-0.2, 0) is 4.74 Å². The van der Waals surface area contributed by atoms with Gasteiger partial charge in [0.15, 0.2) is 0 Å². The van der Waals surface area contributed by atoms with Gasteiger partial charge in [-0.2, -0.15) is 0 Å². The monoisotopic (exact) mass is 396 g/mol. The van der Waals surface area contributed by atoms with Crippen molar-refractivity contribution in [3.05, 3.63) is 57.1 Å². The summed E-state index contributed by atoms with van der Waals surface area (Å²) in [5, 5.41) is 0. The van der Waals surface area contributed by atoms with E-state index in [2.05, 4.69) is 53.9 Å². The minimum absolute atomic E-state index is 0.0895. The zero-order chi connectivity index (χ0) is 13.9. The molecule has 2 heterocycles. The van der Waals surface area contributed by atoms with E-state index in [1.165, 1.54) is 5.56 Å². The Morgan fingerprint density at radius 1 is 1.15 bits per heavy atom. The molecule has 1 aromatic carbocycles. The zero-order valence-corrected chi connectivity index (χ0v) is 14.0. The fraction of sp³-hybridized carbons (Fsp3) is 0.267. The molecule has 3 rings (SSSR count). The molecule has 104 valence electrons. The van der Waals surface area contributed by atoms with Crippen molar-refractivity contribution in [1.29, 1.82) is 0 Å². The maximum Gasteiger partial charge on any atom is 0.128 e. The van der Waals surface area contributed by atoms with E-state index in [1.54, 1.807) is 0 Å². The highest BCUT2D eigenvalue weighted by molar-refractivity contribution is 9.10. The van der Waals surface area contributed by atoms with E-state index in [4.69, 9.17) is 4.74 Å². The van der Waals surface area contributed by atoms with E-state index >= 15 is 0 Å². The van der Waals surface area contributed by atoms with Crippen LogP contribution in [0.3, 0.4) is 0 Å². The van der Waals surface area contributed by atoms with Gasteiger partial charge in [0.25, 0.3) is 0 Å². The second-order valence-corrected chi connectivity index (χ2v) is 6.53. The first-order valence-corrected chi connectivity index (χ1v) is 8.04. The molecule has 1 fully saturated rings. The number of rotatable bonds is 2. The van der Waals surface area contributed by atoms with Crippen LogP contribution in [0.25, 0.3) is 0 Å². The van der Waals surface area contributed by atoms with E-state index in [9.17, 15) is 0 Å². The van der Waals surface area contributed by atoms with Gasteiger partial charge < -0.3 is 9.64 Å². The second-order valence-electron chi connectivity index (χ2n) is 4.70. The quantitative estimate of drug-likeness (QED) is 0.759. The minimum atomic E-state index is 0.0895. The molecule has 0 spiro atoms. The molecule has 1 aromatic heterocycles. The third-order valence-electron chi connectivity index (χ3n) is 3.32. The van der Waals surface area contributed by atoms with Crippen molar-refractivity contribution >= 4 is 37.7 Å². The first-order valence-electron chi connectivity index (χ1n) is 6.46. The van der Waals surface area contributed by atoms with Crippen molar-refractivity contribution in [1.82, 2.24) is 4.98 Å². The fourth-order valence-electron chi connectivity index (χ4n) is 2.32. The van der Waals surface area contributed by atoms with Crippen LogP contribution in [0.5, 0.6) is 0 Å². The molecule has 0 radical (unpaired) electrons. The molecular weight excluding hydrogens is 384 g/mol. The molecule has 0 saturated carbocycles. The Labute approximate surface area is 135 Å². The van der Waals surface area contributed by atoms with Gasteiger partial charge in [-0.3, -0.25) is 0 Å². The average Bonchev–Trinajstić information content (AvgIpc) is 2.48. The number of aromatic nitrogens is 1. The summed E-state index contributed by atoms with van der Waals surface area (Å²) < 4.78 is 7.97. The normalized spacial score (nSPS) is 19.1. The van der Waals surface area contributed by atoms with Crippen molar-refractivity contribution in [2.24, 2.45) is 0 Å². The van der Waals surface area contributed by atoms with Crippen LogP contribution in [0.15, 0.2) is 51.5 Å². The van der Waals surface area contributed by atoms with E-state index in [1.807, 2.05) is 30.5 Å². The third kappa shape index (κ3) is 3.22. The van der Waals surface area contributed by atoms with E-state index < -0.39 is 0 Å². The number of anilines is 1. The highest BCUT2D eigenvalue weighted by Crippen LogP contribution is 2.27. The number of hydrogen-bond donors (Lipinski definition) is 0. The van der Waals surface area contributed by atoms with Crippen LogP contribution < -0.4 is 4.90 Å². The first kappa shape index (κ1) is 14.0. The second kappa shape index (κ2) is 6.24. The van der Waals surface area contributed by atoms with Crippen LogP contribution in [0.4, 0.5) is 5.82 Å². The fourth-order valence-corrected chi connectivity index (χ4v) is 2.97. The molecule has 2 aromatic rings. The molecule has 1 saturated heterocycles. The predicted octanol–water partition coefficient (Wildman–Crippen LogP) is 4.18. The number of pyridine rings is 1. The molecule has 0 bridgehead atoms. The van der Waals surface area contributed by atoms with Crippen molar-refractivity contribution < 1.29 is 4.74 Å². The van der Waals surface area contributed by atoms with Gasteiger partial charge in [0.2, 0.25) is 0 Å². The third-order valence-corrected chi connectivity index (χ3v) is 4.29. The van der Waals surface area contributed by atoms with Crippen molar-refractivity contribution in [3.63, 3.8) is 0 Å². The van der Waals surface area contributed by atoms with Gasteiger partial charge in [-0.25, -0.2) is 4.98 Å². The zero-order valence-electron chi connectivity index (χ0n) is 10.8. The van der Waals surface area contributed by atoms with Gasteiger partial charge in [0.05, 0.1) is 6.61 Å². The van der Waals surface area contributed by atoms with E-state index in [0.29, 0.717) is 0 Å². The number of benzene rings is 1. The lowest BCUT2D eigenvalue weighted by molar-refractivity contribution is 0.0395. The molecule has 3 nitrogen and oxygen atoms in total. The van der Waals surface area contributed by atoms with Gasteiger partial charge in [-0.15, -0.1) is 0 Å². The molecule has 1 aliphatic rings. The van der Waals surface area contributed by atoms with Gasteiger partial charge in [0.1, 0.15) is 11.9 Å². The van der Waals surface area contributed by atoms with Gasteiger partial charge in [-0.1, -0.05) is 28.1 Å². The maximum absolute atomic E-state index is 5.89. The van der Waals surface area contributed by atoms with E-state index in [-0.39, 0.29) is 6.10 Å². The summed E-state index contributed by atoms with van der Waals surface area (Å²) in [4.78, 5) is 6.73. The molecule has 0 N–H and O–H groups in total. The summed E-state index contributed by atoms with van der Waals surface area (Å²) in [5.41, 5.74) is 1.20. The van der Waals surface area contributed by atoms with Gasteiger partial charge >= 0.3 is 0 Å². The topological polar surface area (TPSA) is 25.4 Å². The summed E-state index contributed by atoms with van der Waals surface area (Å²) in [6.45, 7) is 2.42.